The summed E-state index contributed by atoms with van der Waals surface area (Å²) in [5.41, 5.74) is 2.82. The molecule has 0 aliphatic heterocycles. The monoisotopic (exact) mass is 437 g/mol. The summed E-state index contributed by atoms with van der Waals surface area (Å²) < 4.78 is 26.6. The molecule has 0 radical (unpaired) electrons. The van der Waals surface area contributed by atoms with E-state index in [0.717, 1.165) is 5.56 Å². The Bertz CT molecular complexity index is 1280. The Labute approximate surface area is 180 Å². The molecule has 3 aromatic carbocycles. The second kappa shape index (κ2) is 8.42. The van der Waals surface area contributed by atoms with E-state index in [9.17, 15) is 8.42 Å². The van der Waals surface area contributed by atoms with Crippen molar-refractivity contribution in [2.75, 3.05) is 5.32 Å². The Balaban J connectivity index is 1.76. The lowest BCUT2D eigenvalue weighted by Gasteiger charge is -2.18. The number of fused-ring (bicyclic) bond motifs is 1. The number of rotatable bonds is 6. The van der Waals surface area contributed by atoms with Crippen LogP contribution < -0.4 is 5.32 Å². The molecule has 1 N–H and O–H groups in total. The second-order valence-electron chi connectivity index (χ2n) is 7.03. The number of halogens is 1. The van der Waals surface area contributed by atoms with Gasteiger partial charge in [-0.3, -0.25) is 0 Å². The van der Waals surface area contributed by atoms with Gasteiger partial charge in [-0.15, -0.1) is 0 Å². The summed E-state index contributed by atoms with van der Waals surface area (Å²) in [5.74, 6) is 0.0602. The largest absolute Gasteiger partial charge is 0.361 e. The van der Waals surface area contributed by atoms with E-state index in [1.165, 1.54) is 0 Å². The highest BCUT2D eigenvalue weighted by Crippen LogP contribution is 2.28. The summed E-state index contributed by atoms with van der Waals surface area (Å²) >= 11 is 5.92. The smallest absolute Gasteiger partial charge is 0.203 e. The molecule has 0 saturated heterocycles. The number of hydrogen-bond donors (Lipinski definition) is 1. The molecule has 30 heavy (non-hydrogen) atoms. The number of nitrogens with zero attached hydrogens (tertiary/aromatic N) is 2. The molecule has 0 unspecified atom stereocenters. The Kier molecular flexibility index (Phi) is 5.70. The maximum Gasteiger partial charge on any atom is 0.203 e. The van der Waals surface area contributed by atoms with E-state index in [2.05, 4.69) is 15.3 Å². The maximum absolute atomic E-state index is 13.3. The van der Waals surface area contributed by atoms with Crippen LogP contribution in [-0.2, 0) is 15.6 Å². The third kappa shape index (κ3) is 4.45. The third-order valence-corrected chi connectivity index (χ3v) is 6.60. The normalized spacial score (nSPS) is 12.6. The molecule has 4 aromatic rings. The molecule has 1 heterocycles. The maximum atomic E-state index is 13.3. The third-order valence-electron chi connectivity index (χ3n) is 4.76. The summed E-state index contributed by atoms with van der Waals surface area (Å²) in [7, 11) is -3.76. The average Bonchev–Trinajstić information content (AvgIpc) is 2.75. The van der Waals surface area contributed by atoms with E-state index in [0.29, 0.717) is 21.6 Å². The fourth-order valence-corrected chi connectivity index (χ4v) is 4.72. The molecule has 1 aromatic heterocycles. The van der Waals surface area contributed by atoms with Gasteiger partial charge in [0.1, 0.15) is 0 Å². The van der Waals surface area contributed by atoms with E-state index in [1.807, 2.05) is 55.5 Å². The minimum absolute atomic E-state index is 0.0565. The standard InChI is InChI=1S/C23H20ClN3O2S/c1-16(18-7-3-2-4-8-18)25-22-23(27-21-10-6-5-9-20(21)26-22)30(28,29)15-17-11-13-19(24)14-12-17/h2-14,16H,15H2,1H3,(H,25,26)/t16-/m0/s1. The van der Waals surface area contributed by atoms with Gasteiger partial charge in [0.25, 0.3) is 0 Å². The second-order valence-corrected chi connectivity index (χ2v) is 9.37. The lowest BCUT2D eigenvalue weighted by Crippen LogP contribution is -2.15. The van der Waals surface area contributed by atoms with E-state index in [-0.39, 0.29) is 22.6 Å². The number of nitrogens with one attached hydrogen (secondary N) is 1. The summed E-state index contributed by atoms with van der Waals surface area (Å²) in [6.45, 7) is 1.96. The molecular formula is C23H20ClN3O2S. The van der Waals surface area contributed by atoms with Crippen molar-refractivity contribution in [2.45, 2.75) is 23.7 Å². The van der Waals surface area contributed by atoms with Crippen molar-refractivity contribution >= 4 is 38.3 Å². The SMILES string of the molecule is C[C@H](Nc1nc2ccccc2nc1S(=O)(=O)Cc1ccc(Cl)cc1)c1ccccc1. The zero-order valence-corrected chi connectivity index (χ0v) is 17.9. The van der Waals surface area contributed by atoms with Crippen LogP contribution >= 0.6 is 11.6 Å². The van der Waals surface area contributed by atoms with Gasteiger partial charge in [-0.2, -0.15) is 0 Å². The van der Waals surface area contributed by atoms with Crippen LogP contribution in [0, 0.1) is 0 Å². The molecule has 0 aliphatic carbocycles. The summed E-state index contributed by atoms with van der Waals surface area (Å²) in [6.07, 6.45) is 0. The summed E-state index contributed by atoms with van der Waals surface area (Å²) in [5, 5.41) is 3.75. The lowest BCUT2D eigenvalue weighted by molar-refractivity contribution is 0.591. The Morgan fingerprint density at radius 2 is 1.47 bits per heavy atom. The van der Waals surface area contributed by atoms with Crippen molar-refractivity contribution in [3.8, 4) is 0 Å². The average molecular weight is 438 g/mol. The molecule has 0 bridgehead atoms. The van der Waals surface area contributed by atoms with Crippen LogP contribution in [0.1, 0.15) is 24.1 Å². The minimum atomic E-state index is -3.76. The van der Waals surface area contributed by atoms with Crippen molar-refractivity contribution in [3.63, 3.8) is 0 Å². The van der Waals surface area contributed by atoms with Crippen LogP contribution in [-0.4, -0.2) is 18.4 Å². The highest BCUT2D eigenvalue weighted by atomic mass is 35.5. The van der Waals surface area contributed by atoms with Gasteiger partial charge in [0.2, 0.25) is 9.84 Å². The van der Waals surface area contributed by atoms with Gasteiger partial charge < -0.3 is 5.32 Å². The van der Waals surface area contributed by atoms with Crippen LogP contribution in [0.4, 0.5) is 5.82 Å². The van der Waals surface area contributed by atoms with Crippen molar-refractivity contribution in [1.82, 2.24) is 9.97 Å². The predicted molar refractivity (Wildman–Crippen MR) is 120 cm³/mol. The van der Waals surface area contributed by atoms with Crippen LogP contribution in [0.5, 0.6) is 0 Å². The molecule has 4 rings (SSSR count). The fraction of sp³-hybridized carbons (Fsp3) is 0.130. The van der Waals surface area contributed by atoms with Crippen LogP contribution in [0.2, 0.25) is 5.02 Å². The van der Waals surface area contributed by atoms with Crippen molar-refractivity contribution in [2.24, 2.45) is 0 Å². The van der Waals surface area contributed by atoms with Gasteiger partial charge in [0.15, 0.2) is 10.8 Å². The number of anilines is 1. The molecule has 0 saturated carbocycles. The first-order valence-corrected chi connectivity index (χ1v) is 11.5. The number of hydrogen-bond acceptors (Lipinski definition) is 5. The highest BCUT2D eigenvalue weighted by Gasteiger charge is 2.25. The molecule has 5 nitrogen and oxygen atoms in total. The van der Waals surface area contributed by atoms with Gasteiger partial charge in [-0.1, -0.05) is 66.2 Å². The molecule has 152 valence electrons. The van der Waals surface area contributed by atoms with E-state index < -0.39 is 9.84 Å². The van der Waals surface area contributed by atoms with Gasteiger partial charge in [0, 0.05) is 5.02 Å². The molecule has 0 aliphatic rings. The number of aromatic nitrogens is 2. The van der Waals surface area contributed by atoms with Gasteiger partial charge in [0.05, 0.1) is 22.8 Å². The molecule has 0 spiro atoms. The highest BCUT2D eigenvalue weighted by molar-refractivity contribution is 7.90. The zero-order valence-electron chi connectivity index (χ0n) is 16.3. The zero-order chi connectivity index (χ0) is 21.1. The van der Waals surface area contributed by atoms with E-state index in [4.69, 9.17) is 11.6 Å². The first-order valence-electron chi connectivity index (χ1n) is 9.48. The Morgan fingerprint density at radius 3 is 2.13 bits per heavy atom. The Hall–Kier alpha value is -2.96. The van der Waals surface area contributed by atoms with Crippen LogP contribution in [0.25, 0.3) is 11.0 Å². The van der Waals surface area contributed by atoms with E-state index in [1.54, 1.807) is 30.3 Å². The van der Waals surface area contributed by atoms with Crippen molar-refractivity contribution < 1.29 is 8.42 Å². The first-order chi connectivity index (χ1) is 14.4. The van der Waals surface area contributed by atoms with Gasteiger partial charge in [-0.05, 0) is 42.3 Å². The van der Waals surface area contributed by atoms with E-state index >= 15 is 0 Å². The Morgan fingerprint density at radius 1 is 0.867 bits per heavy atom. The lowest BCUT2D eigenvalue weighted by atomic mass is 10.1. The van der Waals surface area contributed by atoms with Crippen LogP contribution in [0.3, 0.4) is 0 Å². The molecule has 7 heteroatoms. The van der Waals surface area contributed by atoms with Crippen LogP contribution in [0.15, 0.2) is 83.9 Å². The quantitative estimate of drug-likeness (QED) is 0.435. The minimum Gasteiger partial charge on any atom is -0.361 e. The summed E-state index contributed by atoms with van der Waals surface area (Å²) in [6, 6.07) is 23.6. The summed E-state index contributed by atoms with van der Waals surface area (Å²) in [4.78, 5) is 9.06. The molecule has 0 fully saturated rings. The molecule has 0 amide bonds. The number of sulfone groups is 1. The topological polar surface area (TPSA) is 72.0 Å². The van der Waals surface area contributed by atoms with Gasteiger partial charge in [-0.25, -0.2) is 18.4 Å². The predicted octanol–water partition coefficient (Wildman–Crippen LogP) is 5.43. The van der Waals surface area contributed by atoms with Crippen molar-refractivity contribution in [3.05, 3.63) is 95.0 Å². The number of para-hydroxylation sites is 2. The number of benzene rings is 3. The van der Waals surface area contributed by atoms with Gasteiger partial charge >= 0.3 is 0 Å². The molecular weight excluding hydrogens is 418 g/mol. The van der Waals surface area contributed by atoms with Crippen molar-refractivity contribution in [1.29, 1.82) is 0 Å². The molecule has 1 atom stereocenters. The fourth-order valence-electron chi connectivity index (χ4n) is 3.19. The first kappa shape index (κ1) is 20.3.